The molecule has 0 radical (unpaired) electrons. The van der Waals surface area contributed by atoms with Crippen molar-refractivity contribution in [3.05, 3.63) is 63.1 Å². The topological polar surface area (TPSA) is 27.7 Å². The molecule has 0 saturated carbocycles. The Balaban J connectivity index is 2.16. The Morgan fingerprint density at radius 1 is 0.808 bits per heavy atom. The van der Waals surface area contributed by atoms with Gasteiger partial charge in [-0.05, 0) is 0 Å². The van der Waals surface area contributed by atoms with Crippen LogP contribution < -0.4 is 3.32 Å². The van der Waals surface area contributed by atoms with E-state index in [1.54, 1.807) is 14.2 Å². The molecule has 4 heteroatoms. The van der Waals surface area contributed by atoms with Crippen molar-refractivity contribution < 1.29 is 27.7 Å². The Bertz CT molecular complexity index is 899. The van der Waals surface area contributed by atoms with Crippen molar-refractivity contribution in [2.75, 3.05) is 14.2 Å². The first kappa shape index (κ1) is 19.4. The Morgan fingerprint density at radius 2 is 1.42 bits per heavy atom. The van der Waals surface area contributed by atoms with Gasteiger partial charge in [-0.2, -0.15) is 0 Å². The quantitative estimate of drug-likeness (QED) is 0.583. The summed E-state index contributed by atoms with van der Waals surface area (Å²) in [6.07, 6.45) is 0. The summed E-state index contributed by atoms with van der Waals surface area (Å²) >= 11 is -3.75. The summed E-state index contributed by atoms with van der Waals surface area (Å²) in [7, 11) is 3.43. The molecule has 0 saturated heterocycles. The second-order valence-electron chi connectivity index (χ2n) is 7.42. The molecule has 0 spiro atoms. The molecule has 1 aliphatic carbocycles. The second-order valence-corrected chi connectivity index (χ2v) is 11.5. The Labute approximate surface area is 161 Å². The standard InChI is InChI=1S/C10H8O.C10H15.2CH3O.Ti/c11-10-7-3-5-8-4-1-2-6-9(8)10;1-7-6-10(4,5)9(3)8(7)2;2*1-2;/h1-7,11H;1-5H3;2*1H3;/q;;2*-1;+3/p-1. The molecule has 0 aromatic heterocycles. The molecule has 138 valence electrons. The van der Waals surface area contributed by atoms with Crippen LogP contribution in [0.15, 0.2) is 63.1 Å². The molecule has 3 nitrogen and oxygen atoms in total. The van der Waals surface area contributed by atoms with Crippen molar-refractivity contribution in [1.29, 1.82) is 0 Å². The van der Waals surface area contributed by atoms with Gasteiger partial charge in [0.25, 0.3) is 0 Å². The first-order valence-electron chi connectivity index (χ1n) is 8.95. The molecule has 0 fully saturated rings. The summed E-state index contributed by atoms with van der Waals surface area (Å²) in [6, 6.07) is 14.4. The fourth-order valence-corrected chi connectivity index (χ4v) is 8.60. The summed E-state index contributed by atoms with van der Waals surface area (Å²) in [5.41, 5.74) is 3.78. The fraction of sp³-hybridized carbons (Fsp3) is 0.364. The van der Waals surface area contributed by atoms with Crippen LogP contribution in [-0.2, 0) is 24.4 Å². The van der Waals surface area contributed by atoms with Crippen molar-refractivity contribution >= 4 is 10.8 Å². The van der Waals surface area contributed by atoms with Crippen molar-refractivity contribution in [3.8, 4) is 5.75 Å². The summed E-state index contributed by atoms with van der Waals surface area (Å²) in [6.45, 7) is 11.0. The Morgan fingerprint density at radius 3 is 2.00 bits per heavy atom. The molecular formula is C22H28O3Ti. The van der Waals surface area contributed by atoms with Gasteiger partial charge in [0.1, 0.15) is 0 Å². The van der Waals surface area contributed by atoms with E-state index in [1.807, 2.05) is 24.3 Å². The van der Waals surface area contributed by atoms with Crippen molar-refractivity contribution in [1.82, 2.24) is 0 Å². The molecule has 0 atom stereocenters. The molecule has 26 heavy (non-hydrogen) atoms. The Kier molecular flexibility index (Phi) is 5.20. The molecule has 2 aromatic rings. The van der Waals surface area contributed by atoms with Gasteiger partial charge >= 0.3 is 162 Å². The van der Waals surface area contributed by atoms with Gasteiger partial charge in [0, 0.05) is 0 Å². The van der Waals surface area contributed by atoms with Gasteiger partial charge in [0.2, 0.25) is 0 Å². The van der Waals surface area contributed by atoms with Crippen molar-refractivity contribution in [3.63, 3.8) is 0 Å². The number of hydrogen-bond donors (Lipinski definition) is 0. The van der Waals surface area contributed by atoms with E-state index < -0.39 is 17.8 Å². The number of hydrogen-bond acceptors (Lipinski definition) is 3. The first-order chi connectivity index (χ1) is 12.3. The summed E-state index contributed by atoms with van der Waals surface area (Å²) < 4.78 is 20.0. The van der Waals surface area contributed by atoms with E-state index in [1.165, 1.54) is 20.6 Å². The van der Waals surface area contributed by atoms with Crippen molar-refractivity contribution in [2.24, 2.45) is 5.41 Å². The van der Waals surface area contributed by atoms with Gasteiger partial charge < -0.3 is 0 Å². The van der Waals surface area contributed by atoms with Gasteiger partial charge in [-0.25, -0.2) is 0 Å². The van der Waals surface area contributed by atoms with E-state index in [-0.39, 0.29) is 5.41 Å². The van der Waals surface area contributed by atoms with Crippen LogP contribution in [0.2, 0.25) is 0 Å². The van der Waals surface area contributed by atoms with Gasteiger partial charge in [-0.1, -0.05) is 0 Å². The van der Waals surface area contributed by atoms with Crippen LogP contribution in [0.25, 0.3) is 10.8 Å². The van der Waals surface area contributed by atoms with Crippen LogP contribution in [-0.4, -0.2) is 14.2 Å². The van der Waals surface area contributed by atoms with Crippen LogP contribution in [0.3, 0.4) is 0 Å². The van der Waals surface area contributed by atoms with E-state index in [9.17, 15) is 0 Å². The molecule has 0 aliphatic heterocycles. The van der Waals surface area contributed by atoms with Gasteiger partial charge in [-0.15, -0.1) is 0 Å². The SMILES string of the molecule is C[O][Ti]([O]C)([O]c1cccc2ccccc12)[C]1=C(C)C(C)=C(C)C1(C)C. The van der Waals surface area contributed by atoms with Gasteiger partial charge in [0.15, 0.2) is 0 Å². The minimum atomic E-state index is -3.75. The number of fused-ring (bicyclic) bond motifs is 1. The summed E-state index contributed by atoms with van der Waals surface area (Å²) in [4.78, 5) is 0. The number of benzene rings is 2. The normalized spacial score (nSPS) is 17.3. The molecule has 3 rings (SSSR count). The van der Waals surface area contributed by atoms with Crippen LogP contribution >= 0.6 is 0 Å². The number of allylic oxidation sites excluding steroid dienone is 4. The monoisotopic (exact) mass is 388 g/mol. The third-order valence-electron chi connectivity index (χ3n) is 5.90. The molecule has 0 bridgehead atoms. The summed E-state index contributed by atoms with van der Waals surface area (Å²) in [5, 5.41) is 2.23. The van der Waals surface area contributed by atoms with E-state index in [4.69, 9.17) is 9.96 Å². The number of rotatable bonds is 5. The van der Waals surface area contributed by atoms with Crippen LogP contribution in [0.5, 0.6) is 5.75 Å². The predicted octanol–water partition coefficient (Wildman–Crippen LogP) is 6.06. The van der Waals surface area contributed by atoms with Gasteiger partial charge in [0.05, 0.1) is 0 Å². The second kappa shape index (κ2) is 6.97. The molecule has 0 amide bonds. The minimum absolute atomic E-state index is 0.134. The van der Waals surface area contributed by atoms with Crippen LogP contribution in [0.1, 0.15) is 34.6 Å². The fourth-order valence-electron chi connectivity index (χ4n) is 4.06. The zero-order valence-corrected chi connectivity index (χ0v) is 18.3. The average Bonchev–Trinajstić information content (AvgIpc) is 2.80. The van der Waals surface area contributed by atoms with E-state index in [2.05, 4.69) is 52.8 Å². The molecular weight excluding hydrogens is 360 g/mol. The maximum absolute atomic E-state index is 6.66. The average molecular weight is 388 g/mol. The van der Waals surface area contributed by atoms with Crippen LogP contribution in [0.4, 0.5) is 0 Å². The van der Waals surface area contributed by atoms with Crippen molar-refractivity contribution in [2.45, 2.75) is 34.6 Å². The summed E-state index contributed by atoms with van der Waals surface area (Å²) in [5.74, 6) is 0.824. The van der Waals surface area contributed by atoms with Crippen LogP contribution in [0, 0.1) is 5.41 Å². The maximum atomic E-state index is 6.66. The molecule has 0 N–H and O–H groups in total. The van der Waals surface area contributed by atoms with E-state index in [0.29, 0.717) is 0 Å². The van der Waals surface area contributed by atoms with E-state index >= 15 is 0 Å². The third-order valence-corrected chi connectivity index (χ3v) is 10.9. The zero-order valence-electron chi connectivity index (χ0n) is 16.8. The molecule has 0 unspecified atom stereocenters. The third kappa shape index (κ3) is 2.88. The van der Waals surface area contributed by atoms with Gasteiger partial charge in [-0.3, -0.25) is 0 Å². The first-order valence-corrected chi connectivity index (χ1v) is 11.6. The molecule has 1 aliphatic rings. The zero-order chi connectivity index (χ0) is 19.1. The molecule has 0 heterocycles. The Hall–Kier alpha value is -1.39. The predicted molar refractivity (Wildman–Crippen MR) is 103 cm³/mol. The van der Waals surface area contributed by atoms with E-state index in [0.717, 1.165) is 16.5 Å². The molecule has 2 aromatic carbocycles.